The van der Waals surface area contributed by atoms with Crippen LogP contribution in [0.1, 0.15) is 29.3 Å². The van der Waals surface area contributed by atoms with Crippen LogP contribution in [0.2, 0.25) is 0 Å². The summed E-state index contributed by atoms with van der Waals surface area (Å²) >= 11 is 0. The Hall–Kier alpha value is -2.46. The normalized spacial score (nSPS) is 12.5. The lowest BCUT2D eigenvalue weighted by atomic mass is 10.0. The average Bonchev–Trinajstić information content (AvgIpc) is 3.09. The molecule has 0 saturated heterocycles. The highest BCUT2D eigenvalue weighted by Gasteiger charge is 2.13. The van der Waals surface area contributed by atoms with E-state index in [1.54, 1.807) is 0 Å². The summed E-state index contributed by atoms with van der Waals surface area (Å²) < 4.78 is 1.97. The molecule has 0 saturated carbocycles. The van der Waals surface area contributed by atoms with Gasteiger partial charge in [-0.05, 0) is 55.8 Å². The third kappa shape index (κ3) is 4.77. The van der Waals surface area contributed by atoms with Gasteiger partial charge in [-0.3, -0.25) is 14.6 Å². The highest BCUT2D eigenvalue weighted by Crippen LogP contribution is 2.15. The molecule has 0 N–H and O–H groups in total. The number of hydrogen-bond acceptors (Lipinski definition) is 3. The summed E-state index contributed by atoms with van der Waals surface area (Å²) in [5.41, 5.74) is 5.09. The molecule has 130 valence electrons. The monoisotopic (exact) mass is 334 g/mol. The first-order valence-electron chi connectivity index (χ1n) is 8.78. The molecule has 0 spiro atoms. The van der Waals surface area contributed by atoms with Crippen molar-refractivity contribution in [3.8, 4) is 0 Å². The Bertz CT molecular complexity index is 795. The molecule has 0 fully saturated rings. The third-order valence-electron chi connectivity index (χ3n) is 4.66. The van der Waals surface area contributed by atoms with Crippen molar-refractivity contribution in [1.29, 1.82) is 0 Å². The van der Waals surface area contributed by atoms with Gasteiger partial charge in [0, 0.05) is 43.3 Å². The molecule has 3 rings (SSSR count). The number of aryl methyl sites for hydroxylation is 1. The average molecular weight is 334 g/mol. The smallest absolute Gasteiger partial charge is 0.0662 e. The van der Waals surface area contributed by atoms with E-state index in [1.807, 2.05) is 35.4 Å². The summed E-state index contributed by atoms with van der Waals surface area (Å²) in [4.78, 5) is 6.89. The fraction of sp³-hybridized carbons (Fsp3) is 0.333. The lowest BCUT2D eigenvalue weighted by molar-refractivity contribution is 0.246. The highest BCUT2D eigenvalue weighted by atomic mass is 15.3. The fourth-order valence-electron chi connectivity index (χ4n) is 3.03. The van der Waals surface area contributed by atoms with Crippen molar-refractivity contribution in [2.24, 2.45) is 0 Å². The minimum absolute atomic E-state index is 0.423. The molecular weight excluding hydrogens is 308 g/mol. The van der Waals surface area contributed by atoms with Gasteiger partial charge in [0.2, 0.25) is 0 Å². The Labute approximate surface area is 150 Å². The van der Waals surface area contributed by atoms with Crippen molar-refractivity contribution >= 4 is 0 Å². The topological polar surface area (TPSA) is 34.0 Å². The largest absolute Gasteiger partial charge is 0.299 e. The molecule has 1 atom stereocenters. The molecule has 4 heteroatoms. The molecule has 0 aliphatic rings. The Kier molecular flexibility index (Phi) is 5.61. The molecular formula is C21H26N4. The van der Waals surface area contributed by atoms with Gasteiger partial charge in [0.25, 0.3) is 0 Å². The summed E-state index contributed by atoms with van der Waals surface area (Å²) in [7, 11) is 2.19. The van der Waals surface area contributed by atoms with E-state index in [0.29, 0.717) is 6.04 Å². The first-order valence-corrected chi connectivity index (χ1v) is 8.78. The zero-order valence-corrected chi connectivity index (χ0v) is 15.3. The van der Waals surface area contributed by atoms with Crippen LogP contribution in [0.25, 0.3) is 0 Å². The number of pyridine rings is 1. The Balaban J connectivity index is 1.67. The van der Waals surface area contributed by atoms with Crippen molar-refractivity contribution in [2.75, 3.05) is 7.05 Å². The number of benzene rings is 1. The van der Waals surface area contributed by atoms with Crippen LogP contribution in [-0.4, -0.2) is 32.8 Å². The maximum Gasteiger partial charge on any atom is 0.0662 e. The van der Waals surface area contributed by atoms with Crippen LogP contribution in [0.3, 0.4) is 0 Å². The van der Waals surface area contributed by atoms with Crippen molar-refractivity contribution < 1.29 is 0 Å². The summed E-state index contributed by atoms with van der Waals surface area (Å²) in [5.74, 6) is 0. The van der Waals surface area contributed by atoms with Crippen LogP contribution < -0.4 is 0 Å². The maximum atomic E-state index is 4.50. The molecule has 25 heavy (non-hydrogen) atoms. The predicted octanol–water partition coefficient (Wildman–Crippen LogP) is 3.70. The molecule has 1 aromatic carbocycles. The maximum absolute atomic E-state index is 4.50. The highest BCUT2D eigenvalue weighted by molar-refractivity contribution is 5.27. The van der Waals surface area contributed by atoms with Crippen molar-refractivity contribution in [1.82, 2.24) is 19.7 Å². The van der Waals surface area contributed by atoms with Gasteiger partial charge in [0.1, 0.15) is 0 Å². The lowest BCUT2D eigenvalue weighted by Gasteiger charge is -2.25. The fourth-order valence-corrected chi connectivity index (χ4v) is 3.03. The summed E-state index contributed by atoms with van der Waals surface area (Å²) in [6, 6.07) is 15.2. The quantitative estimate of drug-likeness (QED) is 0.661. The first kappa shape index (κ1) is 17.4. The van der Waals surface area contributed by atoms with Gasteiger partial charge in [0.05, 0.1) is 6.54 Å². The van der Waals surface area contributed by atoms with Gasteiger partial charge in [-0.25, -0.2) is 0 Å². The van der Waals surface area contributed by atoms with E-state index >= 15 is 0 Å². The molecule has 0 bridgehead atoms. The number of aromatic nitrogens is 3. The molecule has 2 aromatic heterocycles. The van der Waals surface area contributed by atoms with Gasteiger partial charge >= 0.3 is 0 Å². The minimum Gasteiger partial charge on any atom is -0.299 e. The summed E-state index contributed by atoms with van der Waals surface area (Å²) in [6.45, 7) is 6.11. The van der Waals surface area contributed by atoms with Crippen LogP contribution in [-0.2, 0) is 19.5 Å². The second-order valence-corrected chi connectivity index (χ2v) is 6.77. The summed E-state index contributed by atoms with van der Waals surface area (Å²) in [6.07, 6.45) is 6.69. The van der Waals surface area contributed by atoms with Crippen molar-refractivity contribution in [3.63, 3.8) is 0 Å². The van der Waals surface area contributed by atoms with E-state index in [2.05, 4.69) is 66.2 Å². The second-order valence-electron chi connectivity index (χ2n) is 6.77. The lowest BCUT2D eigenvalue weighted by Crippen LogP contribution is -2.31. The van der Waals surface area contributed by atoms with Gasteiger partial charge in [-0.2, -0.15) is 5.10 Å². The number of nitrogens with zero attached hydrogens (tertiary/aromatic N) is 4. The first-order chi connectivity index (χ1) is 12.1. The van der Waals surface area contributed by atoms with Crippen LogP contribution in [0.15, 0.2) is 61.1 Å². The Morgan fingerprint density at radius 1 is 1.08 bits per heavy atom. The zero-order chi connectivity index (χ0) is 17.6. The number of likely N-dealkylation sites (N-methyl/N-ethyl adjacent to an activating group) is 1. The zero-order valence-electron chi connectivity index (χ0n) is 15.3. The minimum atomic E-state index is 0.423. The van der Waals surface area contributed by atoms with E-state index < -0.39 is 0 Å². The third-order valence-corrected chi connectivity index (χ3v) is 4.66. The predicted molar refractivity (Wildman–Crippen MR) is 101 cm³/mol. The van der Waals surface area contributed by atoms with E-state index in [1.165, 1.54) is 16.7 Å². The molecule has 0 amide bonds. The summed E-state index contributed by atoms with van der Waals surface area (Å²) in [5, 5.41) is 4.33. The van der Waals surface area contributed by atoms with E-state index in [9.17, 15) is 0 Å². The second kappa shape index (κ2) is 8.08. The molecule has 0 aliphatic carbocycles. The van der Waals surface area contributed by atoms with Crippen molar-refractivity contribution in [3.05, 3.63) is 83.4 Å². The number of hydrogen-bond donors (Lipinski definition) is 0. The van der Waals surface area contributed by atoms with Crippen LogP contribution in [0, 0.1) is 6.92 Å². The van der Waals surface area contributed by atoms with Crippen LogP contribution in [0.5, 0.6) is 0 Å². The van der Waals surface area contributed by atoms with Gasteiger partial charge in [-0.15, -0.1) is 0 Å². The SMILES string of the molecule is Cc1ccnc(CC(C)N(C)Cc2ccccc2Cn2cccn2)c1. The van der Waals surface area contributed by atoms with E-state index in [0.717, 1.165) is 25.2 Å². The van der Waals surface area contributed by atoms with Crippen LogP contribution >= 0.6 is 0 Å². The van der Waals surface area contributed by atoms with E-state index in [4.69, 9.17) is 0 Å². The van der Waals surface area contributed by atoms with E-state index in [-0.39, 0.29) is 0 Å². The Morgan fingerprint density at radius 2 is 1.88 bits per heavy atom. The van der Waals surface area contributed by atoms with Gasteiger partial charge in [0.15, 0.2) is 0 Å². The molecule has 3 aromatic rings. The molecule has 0 radical (unpaired) electrons. The Morgan fingerprint density at radius 3 is 2.60 bits per heavy atom. The number of rotatable bonds is 7. The molecule has 2 heterocycles. The molecule has 0 aliphatic heterocycles. The van der Waals surface area contributed by atoms with Crippen LogP contribution in [0.4, 0.5) is 0 Å². The van der Waals surface area contributed by atoms with Gasteiger partial charge < -0.3 is 0 Å². The molecule has 1 unspecified atom stereocenters. The van der Waals surface area contributed by atoms with Crippen molar-refractivity contribution in [2.45, 2.75) is 39.4 Å². The standard InChI is InChI=1S/C21H26N4/c1-17-9-11-22-21(13-17)14-18(2)24(3)15-19-7-4-5-8-20(19)16-25-12-6-10-23-25/h4-13,18H,14-16H2,1-3H3. The van der Waals surface area contributed by atoms with Gasteiger partial charge in [-0.1, -0.05) is 24.3 Å². The molecule has 4 nitrogen and oxygen atoms in total.